The average Bonchev–Trinajstić information content (AvgIpc) is 3.50. The minimum absolute atomic E-state index is 0.0234. The number of allylic oxidation sites excluding steroid dienone is 1. The fourth-order valence-electron chi connectivity index (χ4n) is 7.28. The van der Waals surface area contributed by atoms with E-state index in [0.29, 0.717) is 6.42 Å². The minimum Gasteiger partial charge on any atom is -0.465 e. The summed E-state index contributed by atoms with van der Waals surface area (Å²) in [4.78, 5) is 46.3. The summed E-state index contributed by atoms with van der Waals surface area (Å²) in [6.07, 6.45) is 5.65. The monoisotopic (exact) mass is 568 g/mol. The van der Waals surface area contributed by atoms with Gasteiger partial charge in [-0.05, 0) is 56.1 Å². The van der Waals surface area contributed by atoms with Crippen molar-refractivity contribution in [1.82, 2.24) is 4.90 Å². The maximum absolute atomic E-state index is 14.9. The molecule has 7 nitrogen and oxygen atoms in total. The quantitative estimate of drug-likeness (QED) is 0.224. The van der Waals surface area contributed by atoms with Crippen molar-refractivity contribution < 1.29 is 24.2 Å². The van der Waals surface area contributed by atoms with E-state index in [2.05, 4.69) is 20.1 Å². The lowest BCUT2D eigenvalue weighted by Gasteiger charge is -2.43. The number of amides is 2. The Morgan fingerprint density at radius 3 is 2.50 bits per heavy atom. The standard InChI is InChI=1S/C32H44N2O5S/c1-8-10-11-16-39-31(38)25-24-17-22(7)32(40-24)26(25)29(36)34(23(18-35)19(3)4)28(32)30(37)33(15-9-2)27-20(5)13-12-14-21(27)6/h8-9,12-14,19,22-26,28,35H,1-2,10-11,15-18H2,3-7H3/t22?,23-,24-,25+,26-,28?,32?/m0/s1. The zero-order valence-corrected chi connectivity index (χ0v) is 25.3. The molecule has 0 aliphatic carbocycles. The van der Waals surface area contributed by atoms with Crippen LogP contribution in [0.25, 0.3) is 0 Å². The number of esters is 1. The number of aliphatic hydroxyl groups is 1. The van der Waals surface area contributed by atoms with Gasteiger partial charge in [-0.2, -0.15) is 0 Å². The summed E-state index contributed by atoms with van der Waals surface area (Å²) < 4.78 is 4.90. The van der Waals surface area contributed by atoms with Crippen molar-refractivity contribution in [2.24, 2.45) is 23.7 Å². The molecule has 40 heavy (non-hydrogen) atoms. The first-order valence-corrected chi connectivity index (χ1v) is 15.3. The zero-order chi connectivity index (χ0) is 29.4. The lowest BCUT2D eigenvalue weighted by Crippen LogP contribution is -2.60. The molecule has 3 fully saturated rings. The molecule has 1 aromatic carbocycles. The Kier molecular flexibility index (Phi) is 9.20. The van der Waals surface area contributed by atoms with E-state index in [1.165, 1.54) is 0 Å². The number of benzene rings is 1. The van der Waals surface area contributed by atoms with Crippen LogP contribution in [0.2, 0.25) is 0 Å². The molecule has 3 aliphatic rings. The maximum Gasteiger partial charge on any atom is 0.310 e. The van der Waals surface area contributed by atoms with Crippen molar-refractivity contribution in [3.63, 3.8) is 0 Å². The molecular weight excluding hydrogens is 524 g/mol. The number of hydrogen-bond donors (Lipinski definition) is 1. The normalized spacial score (nSPS) is 29.4. The van der Waals surface area contributed by atoms with Gasteiger partial charge in [-0.15, -0.1) is 24.9 Å². The van der Waals surface area contributed by atoms with E-state index in [4.69, 9.17) is 4.74 Å². The number of unbranched alkanes of at least 4 members (excludes halogenated alkanes) is 1. The van der Waals surface area contributed by atoms with Crippen molar-refractivity contribution in [3.05, 3.63) is 54.6 Å². The molecule has 2 bridgehead atoms. The second-order valence-electron chi connectivity index (χ2n) is 11.9. The van der Waals surface area contributed by atoms with Gasteiger partial charge in [0.05, 0.1) is 35.8 Å². The lowest BCUT2D eigenvalue weighted by molar-refractivity contribution is -0.155. The lowest BCUT2D eigenvalue weighted by atomic mass is 9.66. The third kappa shape index (κ3) is 4.81. The molecule has 4 rings (SSSR count). The Morgan fingerprint density at radius 1 is 1.25 bits per heavy atom. The highest BCUT2D eigenvalue weighted by atomic mass is 32.2. The summed E-state index contributed by atoms with van der Waals surface area (Å²) in [6.45, 7) is 17.9. The van der Waals surface area contributed by atoms with Crippen LogP contribution in [0.3, 0.4) is 0 Å². The van der Waals surface area contributed by atoms with E-state index < -0.39 is 28.7 Å². The molecule has 1 aromatic rings. The van der Waals surface area contributed by atoms with Gasteiger partial charge in [-0.3, -0.25) is 14.4 Å². The Labute approximate surface area is 243 Å². The van der Waals surface area contributed by atoms with Gasteiger partial charge in [0.15, 0.2) is 0 Å². The van der Waals surface area contributed by atoms with Crippen LogP contribution in [0.15, 0.2) is 43.5 Å². The minimum atomic E-state index is -0.827. The van der Waals surface area contributed by atoms with E-state index in [1.807, 2.05) is 45.9 Å². The molecule has 3 saturated heterocycles. The van der Waals surface area contributed by atoms with Crippen LogP contribution in [0.5, 0.6) is 0 Å². The fourth-order valence-corrected chi connectivity index (χ4v) is 9.67. The smallest absolute Gasteiger partial charge is 0.310 e. The third-order valence-corrected chi connectivity index (χ3v) is 11.2. The summed E-state index contributed by atoms with van der Waals surface area (Å²) in [5.74, 6) is -2.12. The topological polar surface area (TPSA) is 87.2 Å². The fraction of sp³-hybridized carbons (Fsp3) is 0.594. The van der Waals surface area contributed by atoms with Crippen molar-refractivity contribution >= 4 is 35.2 Å². The maximum atomic E-state index is 14.9. The van der Waals surface area contributed by atoms with Gasteiger partial charge < -0.3 is 19.6 Å². The second kappa shape index (κ2) is 12.1. The zero-order valence-electron chi connectivity index (χ0n) is 24.5. The Bertz CT molecular complexity index is 1150. The number of ether oxygens (including phenoxy) is 1. The Hall–Kier alpha value is -2.58. The predicted octanol–water partition coefficient (Wildman–Crippen LogP) is 4.69. The SMILES string of the molecule is C=CCCCOC(=O)[C@@H]1[C@@H]2CC(C)C3(S2)C(C(=O)N(CC=C)c2c(C)cccc2C)N([C@@H](CO)C(C)C)C(=O)[C@H]13. The van der Waals surface area contributed by atoms with Gasteiger partial charge in [0, 0.05) is 17.5 Å². The van der Waals surface area contributed by atoms with E-state index in [1.54, 1.807) is 33.7 Å². The number of anilines is 1. The predicted molar refractivity (Wildman–Crippen MR) is 160 cm³/mol. The van der Waals surface area contributed by atoms with E-state index in [-0.39, 0.29) is 54.6 Å². The van der Waals surface area contributed by atoms with Gasteiger partial charge in [-0.1, -0.05) is 51.1 Å². The molecule has 3 heterocycles. The second-order valence-corrected chi connectivity index (χ2v) is 13.4. The van der Waals surface area contributed by atoms with Crippen LogP contribution in [-0.2, 0) is 19.1 Å². The van der Waals surface area contributed by atoms with Gasteiger partial charge in [0.25, 0.3) is 5.91 Å². The molecule has 1 spiro atoms. The molecule has 0 aromatic heterocycles. The third-order valence-electron chi connectivity index (χ3n) is 9.09. The number of aliphatic hydroxyl groups excluding tert-OH is 1. The Balaban J connectivity index is 1.83. The molecule has 8 heteroatoms. The molecule has 2 amide bonds. The number of nitrogens with zero attached hydrogens (tertiary/aromatic N) is 2. The van der Waals surface area contributed by atoms with Crippen molar-refractivity contribution in [3.8, 4) is 0 Å². The first-order chi connectivity index (χ1) is 19.1. The van der Waals surface area contributed by atoms with E-state index in [9.17, 15) is 19.5 Å². The van der Waals surface area contributed by atoms with Crippen LogP contribution in [0.4, 0.5) is 5.69 Å². The van der Waals surface area contributed by atoms with Gasteiger partial charge >= 0.3 is 5.97 Å². The highest BCUT2D eigenvalue weighted by Crippen LogP contribution is 2.69. The average molecular weight is 569 g/mol. The van der Waals surface area contributed by atoms with Crippen LogP contribution in [0.1, 0.15) is 51.2 Å². The summed E-state index contributed by atoms with van der Waals surface area (Å²) >= 11 is 1.63. The number of likely N-dealkylation sites (tertiary alicyclic amines) is 1. The first-order valence-electron chi connectivity index (χ1n) is 14.4. The van der Waals surface area contributed by atoms with E-state index >= 15 is 0 Å². The largest absolute Gasteiger partial charge is 0.465 e. The summed E-state index contributed by atoms with van der Waals surface area (Å²) in [5, 5.41) is 10.4. The van der Waals surface area contributed by atoms with Crippen molar-refractivity contribution in [2.75, 3.05) is 24.7 Å². The number of fused-ring (bicyclic) bond motifs is 1. The van der Waals surface area contributed by atoms with Crippen LogP contribution >= 0.6 is 11.8 Å². The molecular formula is C32H44N2O5S. The Morgan fingerprint density at radius 2 is 1.93 bits per heavy atom. The summed E-state index contributed by atoms with van der Waals surface area (Å²) in [6, 6.07) is 4.54. The van der Waals surface area contributed by atoms with Crippen molar-refractivity contribution in [2.45, 2.75) is 76.0 Å². The van der Waals surface area contributed by atoms with Gasteiger partial charge in [-0.25, -0.2) is 0 Å². The van der Waals surface area contributed by atoms with Gasteiger partial charge in [0.1, 0.15) is 6.04 Å². The molecule has 0 saturated carbocycles. The number of aryl methyl sites for hydroxylation is 2. The first kappa shape index (κ1) is 30.4. The van der Waals surface area contributed by atoms with E-state index in [0.717, 1.165) is 29.7 Å². The number of thioether (sulfide) groups is 1. The number of carbonyl (C=O) groups excluding carboxylic acids is 3. The highest BCUT2D eigenvalue weighted by molar-refractivity contribution is 8.02. The van der Waals surface area contributed by atoms with Crippen molar-refractivity contribution in [1.29, 1.82) is 0 Å². The van der Waals surface area contributed by atoms with Crippen LogP contribution in [0, 0.1) is 37.5 Å². The highest BCUT2D eigenvalue weighted by Gasteiger charge is 2.77. The molecule has 218 valence electrons. The molecule has 7 atom stereocenters. The number of hydrogen-bond acceptors (Lipinski definition) is 6. The molecule has 3 aliphatic heterocycles. The van der Waals surface area contributed by atoms with Crippen LogP contribution < -0.4 is 4.90 Å². The number of rotatable bonds is 12. The number of para-hydroxylation sites is 1. The van der Waals surface area contributed by atoms with Gasteiger partial charge in [0.2, 0.25) is 5.91 Å². The van der Waals surface area contributed by atoms with Crippen LogP contribution in [-0.4, -0.2) is 69.6 Å². The molecule has 3 unspecified atom stereocenters. The molecule has 0 radical (unpaired) electrons. The summed E-state index contributed by atoms with van der Waals surface area (Å²) in [7, 11) is 0. The number of carbonyl (C=O) groups is 3. The summed E-state index contributed by atoms with van der Waals surface area (Å²) in [5.41, 5.74) is 2.73. The molecule has 1 N–H and O–H groups in total.